The van der Waals surface area contributed by atoms with E-state index in [9.17, 15) is 15.3 Å². The van der Waals surface area contributed by atoms with E-state index >= 15 is 0 Å². The van der Waals surface area contributed by atoms with Crippen LogP contribution in [0.4, 0.5) is 11.6 Å². The molecule has 0 spiro atoms. The van der Waals surface area contributed by atoms with Gasteiger partial charge in [-0.05, 0) is 30.3 Å². The fraction of sp³-hybridized carbons (Fsp3) is 0.242. The van der Waals surface area contributed by atoms with Crippen LogP contribution in [0.2, 0.25) is 15.1 Å². The summed E-state index contributed by atoms with van der Waals surface area (Å²) in [5.41, 5.74) is 0.600. The number of nitrogens with zero attached hydrogens (tertiary/aromatic N) is 7. The van der Waals surface area contributed by atoms with Crippen LogP contribution in [0, 0.1) is 0 Å². The Morgan fingerprint density at radius 2 is 1.35 bits per heavy atom. The molecule has 0 amide bonds. The lowest BCUT2D eigenvalue weighted by atomic mass is 10.1. The molecule has 0 atom stereocenters. The van der Waals surface area contributed by atoms with Gasteiger partial charge in [-0.3, -0.25) is 0 Å². The second-order valence-corrected chi connectivity index (χ2v) is 11.9. The molecular weight excluding hydrogens is 681 g/mol. The van der Waals surface area contributed by atoms with Gasteiger partial charge in [-0.2, -0.15) is 5.10 Å². The van der Waals surface area contributed by atoms with Gasteiger partial charge in [0.25, 0.3) is 0 Å². The largest absolute Gasteiger partial charge is 0.506 e. The van der Waals surface area contributed by atoms with Crippen LogP contribution in [0.1, 0.15) is 0 Å². The highest BCUT2D eigenvalue weighted by Gasteiger charge is 2.20. The zero-order valence-corrected chi connectivity index (χ0v) is 27.7. The first kappa shape index (κ1) is 33.4. The smallest absolute Gasteiger partial charge is 0.160 e. The van der Waals surface area contributed by atoms with Gasteiger partial charge in [-0.15, -0.1) is 5.10 Å². The molecule has 5 heterocycles. The minimum atomic E-state index is -0.0227. The number of aromatic nitrogens is 5. The van der Waals surface area contributed by atoms with Crippen LogP contribution in [-0.2, 0) is 9.47 Å². The monoisotopic (exact) mass is 709 g/mol. The maximum absolute atomic E-state index is 10.0. The topological polar surface area (TPSA) is 150 Å². The predicted octanol–water partition coefficient (Wildman–Crippen LogP) is 6.24. The molecular formula is C33H30Cl3N7O5. The Bertz CT molecular complexity index is 2060. The minimum Gasteiger partial charge on any atom is -0.506 e. The van der Waals surface area contributed by atoms with Crippen molar-refractivity contribution in [3.63, 3.8) is 0 Å². The molecule has 12 nitrogen and oxygen atoms in total. The van der Waals surface area contributed by atoms with Crippen molar-refractivity contribution in [3.05, 3.63) is 82.5 Å². The van der Waals surface area contributed by atoms with E-state index in [4.69, 9.17) is 44.3 Å². The van der Waals surface area contributed by atoms with E-state index in [1.54, 1.807) is 36.7 Å². The van der Waals surface area contributed by atoms with E-state index < -0.39 is 0 Å². The third kappa shape index (κ3) is 7.18. The van der Waals surface area contributed by atoms with Crippen molar-refractivity contribution in [2.45, 2.75) is 0 Å². The number of phenols is 3. The third-order valence-corrected chi connectivity index (χ3v) is 8.68. The first-order chi connectivity index (χ1) is 23.3. The van der Waals surface area contributed by atoms with Crippen LogP contribution in [0.15, 0.2) is 67.4 Å². The number of anilines is 2. The molecule has 15 heteroatoms. The molecule has 2 aliphatic heterocycles. The van der Waals surface area contributed by atoms with E-state index in [1.807, 2.05) is 17.0 Å². The number of pyridine rings is 1. The highest BCUT2D eigenvalue weighted by molar-refractivity contribution is 6.40. The summed E-state index contributed by atoms with van der Waals surface area (Å²) in [7, 11) is 0. The number of fused-ring (bicyclic) bond motifs is 3. The molecule has 2 saturated heterocycles. The van der Waals surface area contributed by atoms with Crippen molar-refractivity contribution >= 4 is 78.9 Å². The van der Waals surface area contributed by atoms with Crippen LogP contribution in [0.3, 0.4) is 0 Å². The van der Waals surface area contributed by atoms with Gasteiger partial charge in [-0.25, -0.2) is 15.0 Å². The molecule has 6 aromatic rings. The summed E-state index contributed by atoms with van der Waals surface area (Å²) >= 11 is 18.1. The Hall–Kier alpha value is -4.46. The number of phenolic OH excluding ortho intramolecular Hbond substituents is 3. The summed E-state index contributed by atoms with van der Waals surface area (Å²) in [4.78, 5) is 16.4. The molecule has 3 aromatic carbocycles. The maximum Gasteiger partial charge on any atom is 0.160 e. The number of hydrogen-bond donors (Lipinski definition) is 3. The van der Waals surface area contributed by atoms with Crippen LogP contribution in [0.25, 0.3) is 32.4 Å². The molecule has 2 fully saturated rings. The standard InChI is InChI=1S/C13H13ClN2O2.C12H11Cl2N3O2.C8H6N2O/c14-11-2-1-10-9(12(11)17)3-4-15-13(10)16-5-7-18-8-6-16;13-8-5-9(14)11(18)7-6-15-16-12(10(7)8)17-1-3-19-4-2-17;11-7-3-1-2-6-4-9-5-10-8(6)7/h1-4,17H,5-8H2;5-6,18H,1-4H2;1-5,11H. The Balaban J connectivity index is 0.000000130. The number of aromatic hydroxyl groups is 3. The Morgan fingerprint density at radius 1 is 0.667 bits per heavy atom. The van der Waals surface area contributed by atoms with Crippen molar-refractivity contribution in [1.29, 1.82) is 0 Å². The summed E-state index contributed by atoms with van der Waals surface area (Å²) in [6.07, 6.45) is 6.25. The van der Waals surface area contributed by atoms with Crippen LogP contribution >= 0.6 is 34.8 Å². The Labute approximate surface area is 290 Å². The van der Waals surface area contributed by atoms with E-state index in [0.717, 1.165) is 35.1 Å². The third-order valence-electron chi connectivity index (χ3n) is 7.79. The van der Waals surface area contributed by atoms with Gasteiger partial charge in [0.05, 0.1) is 58.5 Å². The van der Waals surface area contributed by atoms with Crippen molar-refractivity contribution in [3.8, 4) is 17.2 Å². The van der Waals surface area contributed by atoms with Crippen molar-refractivity contribution in [2.24, 2.45) is 0 Å². The summed E-state index contributed by atoms with van der Waals surface area (Å²) in [6.45, 7) is 5.74. The number of ether oxygens (including phenoxy) is 2. The molecule has 8 rings (SSSR count). The molecule has 3 aromatic heterocycles. The maximum atomic E-state index is 10.0. The zero-order valence-electron chi connectivity index (χ0n) is 25.4. The molecule has 48 heavy (non-hydrogen) atoms. The van der Waals surface area contributed by atoms with E-state index in [0.29, 0.717) is 71.7 Å². The summed E-state index contributed by atoms with van der Waals surface area (Å²) in [6, 6.07) is 12.1. The lowest BCUT2D eigenvalue weighted by molar-refractivity contribution is 0.122. The van der Waals surface area contributed by atoms with Gasteiger partial charge in [-0.1, -0.05) is 46.9 Å². The average Bonchev–Trinajstić information content (AvgIpc) is 3.13. The van der Waals surface area contributed by atoms with Gasteiger partial charge < -0.3 is 34.6 Å². The number of halogens is 3. The second kappa shape index (κ2) is 15.2. The summed E-state index contributed by atoms with van der Waals surface area (Å²) in [5, 5.41) is 42.0. The average molecular weight is 711 g/mol. The van der Waals surface area contributed by atoms with Crippen molar-refractivity contribution < 1.29 is 24.8 Å². The van der Waals surface area contributed by atoms with Crippen LogP contribution in [-0.4, -0.2) is 93.1 Å². The lowest BCUT2D eigenvalue weighted by Crippen LogP contribution is -2.37. The number of morpholine rings is 2. The predicted molar refractivity (Wildman–Crippen MR) is 187 cm³/mol. The van der Waals surface area contributed by atoms with Crippen LogP contribution < -0.4 is 9.80 Å². The number of rotatable bonds is 2. The van der Waals surface area contributed by atoms with Gasteiger partial charge in [0.2, 0.25) is 0 Å². The number of hydrogen-bond acceptors (Lipinski definition) is 12. The molecule has 248 valence electrons. The van der Waals surface area contributed by atoms with Gasteiger partial charge in [0.1, 0.15) is 34.9 Å². The quantitative estimate of drug-likeness (QED) is 0.187. The molecule has 0 aliphatic carbocycles. The van der Waals surface area contributed by atoms with Gasteiger partial charge in [0, 0.05) is 54.7 Å². The molecule has 3 N–H and O–H groups in total. The SMILES string of the molecule is Oc1c(Cl)cc(Cl)c2c(N3CCOCC3)nncc12.Oc1c(Cl)ccc2c(N3CCOCC3)nccc12.Oc1cccc2cncnc12. The van der Waals surface area contributed by atoms with Crippen molar-refractivity contribution in [2.75, 3.05) is 62.4 Å². The summed E-state index contributed by atoms with van der Waals surface area (Å²) in [5.74, 6) is 1.82. The number of benzene rings is 3. The van der Waals surface area contributed by atoms with E-state index in [2.05, 4.69) is 30.0 Å². The Kier molecular flexibility index (Phi) is 10.6. The first-order valence-electron chi connectivity index (χ1n) is 14.9. The van der Waals surface area contributed by atoms with Crippen LogP contribution in [0.5, 0.6) is 17.2 Å². The second-order valence-electron chi connectivity index (χ2n) is 10.7. The fourth-order valence-corrected chi connectivity index (χ4v) is 6.12. The highest BCUT2D eigenvalue weighted by atomic mass is 35.5. The molecule has 0 bridgehead atoms. The molecule has 0 saturated carbocycles. The van der Waals surface area contributed by atoms with Gasteiger partial charge in [0.15, 0.2) is 5.82 Å². The normalized spacial score (nSPS) is 14.7. The minimum absolute atomic E-state index is 0.0227. The highest BCUT2D eigenvalue weighted by Crippen LogP contribution is 2.40. The first-order valence-corrected chi connectivity index (χ1v) is 16.1. The summed E-state index contributed by atoms with van der Waals surface area (Å²) < 4.78 is 10.6. The number of para-hydroxylation sites is 1. The Morgan fingerprint density at radius 3 is 2.06 bits per heavy atom. The van der Waals surface area contributed by atoms with Crippen molar-refractivity contribution in [1.82, 2.24) is 25.1 Å². The fourth-order valence-electron chi connectivity index (χ4n) is 5.39. The molecule has 0 unspecified atom stereocenters. The molecule has 2 aliphatic rings. The molecule has 0 radical (unpaired) electrons. The van der Waals surface area contributed by atoms with E-state index in [1.165, 1.54) is 18.6 Å². The van der Waals surface area contributed by atoms with Gasteiger partial charge >= 0.3 is 0 Å². The lowest BCUT2D eigenvalue weighted by Gasteiger charge is -2.28. The van der Waals surface area contributed by atoms with E-state index in [-0.39, 0.29) is 22.3 Å². The zero-order chi connectivity index (χ0) is 33.6.